The largest absolute Gasteiger partial charge is 0.496 e. The molecular formula is C25H21ClN2O5. The van der Waals surface area contributed by atoms with E-state index in [1.165, 1.54) is 26.4 Å². The fourth-order valence-corrected chi connectivity index (χ4v) is 4.87. The highest BCUT2D eigenvalue weighted by Crippen LogP contribution is 2.53. The van der Waals surface area contributed by atoms with Crippen molar-refractivity contribution >= 4 is 39.8 Å². The summed E-state index contributed by atoms with van der Waals surface area (Å²) in [6, 6.07) is 11.1. The molecule has 0 fully saturated rings. The molecule has 2 aromatic carbocycles. The number of nitrogens with zero attached hydrogens (tertiary/aromatic N) is 1. The van der Waals surface area contributed by atoms with Gasteiger partial charge in [-0.25, -0.2) is 0 Å². The zero-order valence-corrected chi connectivity index (χ0v) is 19.0. The number of pyridine rings is 1. The highest BCUT2D eigenvalue weighted by Gasteiger charge is 2.60. The van der Waals surface area contributed by atoms with Crippen LogP contribution in [0.5, 0.6) is 17.2 Å². The highest BCUT2D eigenvalue weighted by atomic mass is 35.5. The van der Waals surface area contributed by atoms with Gasteiger partial charge in [0.1, 0.15) is 22.1 Å². The van der Waals surface area contributed by atoms with Gasteiger partial charge in [-0.3, -0.25) is 14.6 Å². The van der Waals surface area contributed by atoms with Gasteiger partial charge < -0.3 is 19.5 Å². The van der Waals surface area contributed by atoms with Crippen molar-refractivity contribution in [3.05, 3.63) is 65.0 Å². The van der Waals surface area contributed by atoms with Crippen molar-refractivity contribution in [3.8, 4) is 17.2 Å². The fraction of sp³-hybridized carbons (Fsp3) is 0.240. The van der Waals surface area contributed by atoms with Crippen LogP contribution in [0.15, 0.2) is 54.4 Å². The van der Waals surface area contributed by atoms with E-state index in [0.29, 0.717) is 17.9 Å². The summed E-state index contributed by atoms with van der Waals surface area (Å²) in [7, 11) is 2.89. The number of benzene rings is 2. The van der Waals surface area contributed by atoms with E-state index in [-0.39, 0.29) is 22.1 Å². The molecule has 1 N–H and O–H groups in total. The summed E-state index contributed by atoms with van der Waals surface area (Å²) >= 11 is 6.44. The first kappa shape index (κ1) is 21.3. The molecule has 0 saturated carbocycles. The normalized spacial score (nSPS) is 21.6. The molecule has 7 nitrogen and oxygen atoms in total. The zero-order valence-electron chi connectivity index (χ0n) is 18.3. The standard InChI is InChI=1S/C25H21ClN2O5/c1-13-10-14(28-17-8-4-7-16-15(17)6-5-9-27-16)11-20(29)25(13)24(30)21-18(31-2)12-19(32-3)22(26)23(21)33-25/h4-9,11-13,28H,10H2,1-3H3/t13-,25+/m1/s1. The number of hydrogen-bond donors (Lipinski definition) is 1. The van der Waals surface area contributed by atoms with Crippen LogP contribution in [0.1, 0.15) is 23.7 Å². The van der Waals surface area contributed by atoms with Gasteiger partial charge in [-0.1, -0.05) is 24.6 Å². The molecule has 1 aliphatic carbocycles. The first-order valence-electron chi connectivity index (χ1n) is 10.4. The van der Waals surface area contributed by atoms with Gasteiger partial charge in [0.15, 0.2) is 5.75 Å². The number of ether oxygens (including phenoxy) is 3. The summed E-state index contributed by atoms with van der Waals surface area (Å²) in [4.78, 5) is 31.4. The Labute approximate surface area is 195 Å². The number of fused-ring (bicyclic) bond motifs is 2. The summed E-state index contributed by atoms with van der Waals surface area (Å²) in [6.07, 6.45) is 3.59. The summed E-state index contributed by atoms with van der Waals surface area (Å²) in [6.45, 7) is 1.82. The third-order valence-corrected chi connectivity index (χ3v) is 6.61. The highest BCUT2D eigenvalue weighted by molar-refractivity contribution is 6.36. The summed E-state index contributed by atoms with van der Waals surface area (Å²) in [5, 5.41) is 4.41. The molecule has 0 amide bonds. The Hall–Kier alpha value is -3.58. The van der Waals surface area contributed by atoms with E-state index in [1.807, 2.05) is 37.3 Å². The van der Waals surface area contributed by atoms with Crippen molar-refractivity contribution in [2.24, 2.45) is 5.92 Å². The van der Waals surface area contributed by atoms with E-state index in [1.54, 1.807) is 6.20 Å². The number of allylic oxidation sites excluding steroid dienone is 1. The predicted octanol–water partition coefficient (Wildman–Crippen LogP) is 4.82. The third kappa shape index (κ3) is 3.07. The molecule has 0 bridgehead atoms. The first-order chi connectivity index (χ1) is 15.9. The number of Topliss-reactive ketones (excluding diaryl/α,β-unsaturated/α-hetero) is 1. The van der Waals surface area contributed by atoms with Crippen LogP contribution >= 0.6 is 11.6 Å². The average molecular weight is 465 g/mol. The van der Waals surface area contributed by atoms with Crippen LogP contribution in [-0.2, 0) is 4.79 Å². The van der Waals surface area contributed by atoms with Gasteiger partial charge in [0.25, 0.3) is 0 Å². The van der Waals surface area contributed by atoms with Gasteiger partial charge in [-0.05, 0) is 30.7 Å². The molecule has 33 heavy (non-hydrogen) atoms. The maximum absolute atomic E-state index is 13.6. The lowest BCUT2D eigenvalue weighted by Gasteiger charge is -2.35. The second-order valence-corrected chi connectivity index (χ2v) is 8.48. The van der Waals surface area contributed by atoms with Crippen LogP contribution in [-0.4, -0.2) is 36.4 Å². The smallest absolute Gasteiger partial charge is 0.236 e. The molecule has 3 aromatic rings. The molecule has 8 heteroatoms. The molecule has 2 aliphatic rings. The molecule has 1 spiro atoms. The van der Waals surface area contributed by atoms with Gasteiger partial charge in [-0.2, -0.15) is 0 Å². The van der Waals surface area contributed by atoms with Crippen molar-refractivity contribution in [3.63, 3.8) is 0 Å². The van der Waals surface area contributed by atoms with Crippen LogP contribution in [0, 0.1) is 5.92 Å². The average Bonchev–Trinajstić information content (AvgIpc) is 3.13. The molecule has 1 aliphatic heterocycles. The number of methoxy groups -OCH3 is 2. The summed E-state index contributed by atoms with van der Waals surface area (Å²) in [5.74, 6) is -0.693. The SMILES string of the molecule is COc1cc(OC)c2c(c1Cl)O[C@@]1(C(=O)C=C(Nc3cccc4ncccc34)C[C@H]1C)C2=O. The third-order valence-electron chi connectivity index (χ3n) is 6.25. The second kappa shape index (κ2) is 7.78. The molecule has 168 valence electrons. The Balaban J connectivity index is 1.53. The first-order valence-corrected chi connectivity index (χ1v) is 10.8. The lowest BCUT2D eigenvalue weighted by atomic mass is 9.74. The lowest BCUT2D eigenvalue weighted by Crippen LogP contribution is -2.55. The van der Waals surface area contributed by atoms with Gasteiger partial charge >= 0.3 is 0 Å². The summed E-state index contributed by atoms with van der Waals surface area (Å²) < 4.78 is 16.8. The number of halogens is 1. The molecule has 2 heterocycles. The Kier molecular flexibility index (Phi) is 5.01. The van der Waals surface area contributed by atoms with E-state index < -0.39 is 23.1 Å². The Bertz CT molecular complexity index is 1350. The number of ketones is 2. The number of carbonyl (C=O) groups excluding carboxylic acids is 2. The van der Waals surface area contributed by atoms with E-state index >= 15 is 0 Å². The minimum Gasteiger partial charge on any atom is -0.496 e. The number of aromatic nitrogens is 1. The van der Waals surface area contributed by atoms with Crippen molar-refractivity contribution < 1.29 is 23.8 Å². The van der Waals surface area contributed by atoms with E-state index in [9.17, 15) is 9.59 Å². The van der Waals surface area contributed by atoms with Crippen molar-refractivity contribution in [2.75, 3.05) is 19.5 Å². The van der Waals surface area contributed by atoms with Crippen molar-refractivity contribution in [1.29, 1.82) is 0 Å². The van der Waals surface area contributed by atoms with Gasteiger partial charge in [0.05, 0.1) is 19.7 Å². The van der Waals surface area contributed by atoms with Crippen molar-refractivity contribution in [2.45, 2.75) is 18.9 Å². The minimum atomic E-state index is -1.70. The lowest BCUT2D eigenvalue weighted by molar-refractivity contribution is -0.129. The van der Waals surface area contributed by atoms with Crippen LogP contribution in [0.2, 0.25) is 5.02 Å². The second-order valence-electron chi connectivity index (χ2n) is 8.11. The number of anilines is 1. The van der Waals surface area contributed by atoms with Gasteiger partial charge in [0.2, 0.25) is 17.2 Å². The minimum absolute atomic E-state index is 0.114. The van der Waals surface area contributed by atoms with E-state index in [4.69, 9.17) is 25.8 Å². The Morgan fingerprint density at radius 2 is 1.94 bits per heavy atom. The van der Waals surface area contributed by atoms with Gasteiger partial charge in [-0.15, -0.1) is 0 Å². The topological polar surface area (TPSA) is 86.8 Å². The van der Waals surface area contributed by atoms with Crippen LogP contribution < -0.4 is 19.5 Å². The number of carbonyl (C=O) groups is 2. The van der Waals surface area contributed by atoms with Gasteiger partial charge in [0, 0.05) is 41.0 Å². The molecular weight excluding hydrogens is 444 g/mol. The predicted molar refractivity (Wildman–Crippen MR) is 124 cm³/mol. The monoisotopic (exact) mass is 464 g/mol. The number of hydrogen-bond acceptors (Lipinski definition) is 7. The molecule has 5 rings (SSSR count). The van der Waals surface area contributed by atoms with Crippen LogP contribution in [0.4, 0.5) is 5.69 Å². The molecule has 0 radical (unpaired) electrons. The van der Waals surface area contributed by atoms with E-state index in [0.717, 1.165) is 16.6 Å². The zero-order chi connectivity index (χ0) is 23.3. The fourth-order valence-electron chi connectivity index (χ4n) is 4.60. The van der Waals surface area contributed by atoms with Crippen molar-refractivity contribution in [1.82, 2.24) is 4.98 Å². The number of nitrogens with one attached hydrogen (secondary N) is 1. The quantitative estimate of drug-likeness (QED) is 0.553. The summed E-state index contributed by atoms with van der Waals surface area (Å²) in [5.41, 5.74) is 0.831. The molecule has 0 unspecified atom stereocenters. The van der Waals surface area contributed by atoms with Crippen LogP contribution in [0.25, 0.3) is 10.9 Å². The maximum atomic E-state index is 13.6. The maximum Gasteiger partial charge on any atom is 0.236 e. The molecule has 0 saturated heterocycles. The molecule has 1 aromatic heterocycles. The Morgan fingerprint density at radius 1 is 1.15 bits per heavy atom. The Morgan fingerprint density at radius 3 is 2.67 bits per heavy atom. The molecule has 2 atom stereocenters. The van der Waals surface area contributed by atoms with Crippen LogP contribution in [0.3, 0.4) is 0 Å². The number of rotatable bonds is 4. The van der Waals surface area contributed by atoms with E-state index in [2.05, 4.69) is 10.3 Å².